The molecule has 0 aliphatic carbocycles. The SMILES string of the molecule is CC(O)C(N)c1nc(C(=O)NCCc2ccc(Cl)cc2)co1. The lowest BCUT2D eigenvalue weighted by atomic mass is 10.1. The van der Waals surface area contributed by atoms with Crippen LogP contribution in [0.25, 0.3) is 0 Å². The van der Waals surface area contributed by atoms with Crippen molar-refractivity contribution in [3.05, 3.63) is 52.7 Å². The van der Waals surface area contributed by atoms with Crippen LogP contribution in [0.2, 0.25) is 5.02 Å². The van der Waals surface area contributed by atoms with Crippen molar-refractivity contribution in [1.82, 2.24) is 10.3 Å². The zero-order valence-corrected chi connectivity index (χ0v) is 12.9. The summed E-state index contributed by atoms with van der Waals surface area (Å²) in [7, 11) is 0. The average molecular weight is 324 g/mol. The number of aliphatic hydroxyl groups excluding tert-OH is 1. The molecule has 118 valence electrons. The molecule has 0 aliphatic heterocycles. The van der Waals surface area contributed by atoms with E-state index in [1.807, 2.05) is 12.1 Å². The van der Waals surface area contributed by atoms with E-state index in [1.165, 1.54) is 13.2 Å². The fourth-order valence-electron chi connectivity index (χ4n) is 1.81. The molecule has 0 aliphatic rings. The molecular formula is C15H18ClN3O3. The lowest BCUT2D eigenvalue weighted by Crippen LogP contribution is -2.27. The number of nitrogens with two attached hydrogens (primary N) is 1. The van der Waals surface area contributed by atoms with Crippen LogP contribution in [0.1, 0.15) is 34.9 Å². The molecule has 0 bridgehead atoms. The summed E-state index contributed by atoms with van der Waals surface area (Å²) in [5, 5.41) is 12.8. The van der Waals surface area contributed by atoms with E-state index in [2.05, 4.69) is 10.3 Å². The molecule has 22 heavy (non-hydrogen) atoms. The van der Waals surface area contributed by atoms with E-state index >= 15 is 0 Å². The Morgan fingerprint density at radius 3 is 2.77 bits per heavy atom. The number of aliphatic hydroxyl groups is 1. The van der Waals surface area contributed by atoms with Gasteiger partial charge in [-0.2, -0.15) is 0 Å². The molecule has 4 N–H and O–H groups in total. The third-order valence-corrected chi connectivity index (χ3v) is 3.42. The number of hydrogen-bond donors (Lipinski definition) is 3. The van der Waals surface area contributed by atoms with E-state index < -0.39 is 12.1 Å². The highest BCUT2D eigenvalue weighted by Crippen LogP contribution is 2.13. The number of aromatic nitrogens is 1. The summed E-state index contributed by atoms with van der Waals surface area (Å²) in [6.07, 6.45) is 1.11. The topological polar surface area (TPSA) is 101 Å². The van der Waals surface area contributed by atoms with E-state index in [1.54, 1.807) is 12.1 Å². The molecule has 6 nitrogen and oxygen atoms in total. The standard InChI is InChI=1S/C15H18ClN3O3/c1-9(20)13(17)15-19-12(8-22-15)14(21)18-7-6-10-2-4-11(16)5-3-10/h2-5,8-9,13,20H,6-7,17H2,1H3,(H,18,21). The van der Waals surface area contributed by atoms with Crippen molar-refractivity contribution in [1.29, 1.82) is 0 Å². The van der Waals surface area contributed by atoms with Gasteiger partial charge in [0.05, 0.1) is 6.10 Å². The van der Waals surface area contributed by atoms with Gasteiger partial charge in [-0.05, 0) is 31.0 Å². The van der Waals surface area contributed by atoms with Gasteiger partial charge in [0.2, 0.25) is 5.89 Å². The highest BCUT2D eigenvalue weighted by molar-refractivity contribution is 6.30. The van der Waals surface area contributed by atoms with Gasteiger partial charge in [0.15, 0.2) is 5.69 Å². The minimum Gasteiger partial charge on any atom is -0.446 e. The molecule has 2 atom stereocenters. The molecule has 1 heterocycles. The Morgan fingerprint density at radius 2 is 2.14 bits per heavy atom. The predicted octanol–water partition coefficient (Wildman–Crippen LogP) is 1.68. The largest absolute Gasteiger partial charge is 0.446 e. The van der Waals surface area contributed by atoms with Gasteiger partial charge < -0.3 is 20.6 Å². The normalized spacial score (nSPS) is 13.6. The van der Waals surface area contributed by atoms with E-state index in [9.17, 15) is 9.90 Å². The van der Waals surface area contributed by atoms with Crippen LogP contribution >= 0.6 is 11.6 Å². The van der Waals surface area contributed by atoms with Crippen LogP contribution in [0.15, 0.2) is 34.9 Å². The molecule has 1 amide bonds. The maximum atomic E-state index is 11.9. The quantitative estimate of drug-likeness (QED) is 0.750. The van der Waals surface area contributed by atoms with Gasteiger partial charge in [-0.1, -0.05) is 23.7 Å². The van der Waals surface area contributed by atoms with Gasteiger partial charge in [-0.15, -0.1) is 0 Å². The molecule has 2 aromatic rings. The second-order valence-electron chi connectivity index (χ2n) is 4.97. The van der Waals surface area contributed by atoms with E-state index in [4.69, 9.17) is 21.8 Å². The van der Waals surface area contributed by atoms with E-state index in [-0.39, 0.29) is 17.5 Å². The van der Waals surface area contributed by atoms with Crippen LogP contribution in [0.4, 0.5) is 0 Å². The first-order valence-electron chi connectivity index (χ1n) is 6.89. The summed E-state index contributed by atoms with van der Waals surface area (Å²) in [5.74, 6) is -0.209. The zero-order valence-electron chi connectivity index (χ0n) is 12.1. The number of rotatable bonds is 6. The first-order chi connectivity index (χ1) is 10.5. The van der Waals surface area contributed by atoms with Crippen LogP contribution in [0.3, 0.4) is 0 Å². The Hall–Kier alpha value is -1.89. The van der Waals surface area contributed by atoms with Crippen molar-refractivity contribution in [3.8, 4) is 0 Å². The van der Waals surface area contributed by atoms with Crippen molar-refractivity contribution < 1.29 is 14.3 Å². The van der Waals surface area contributed by atoms with Gasteiger partial charge in [0.1, 0.15) is 12.3 Å². The third-order valence-electron chi connectivity index (χ3n) is 3.17. The van der Waals surface area contributed by atoms with Crippen LogP contribution in [0, 0.1) is 0 Å². The third kappa shape index (κ3) is 4.30. The molecule has 7 heteroatoms. The summed E-state index contributed by atoms with van der Waals surface area (Å²) in [5.41, 5.74) is 6.90. The fraction of sp³-hybridized carbons (Fsp3) is 0.333. The molecule has 0 saturated carbocycles. The Balaban J connectivity index is 1.86. The number of halogens is 1. The van der Waals surface area contributed by atoms with Crippen molar-refractivity contribution >= 4 is 17.5 Å². The number of nitrogens with one attached hydrogen (secondary N) is 1. The molecule has 2 rings (SSSR count). The fourth-order valence-corrected chi connectivity index (χ4v) is 1.94. The summed E-state index contributed by atoms with van der Waals surface area (Å²) in [6.45, 7) is 1.99. The highest BCUT2D eigenvalue weighted by Gasteiger charge is 2.20. The molecule has 0 saturated heterocycles. The minimum atomic E-state index is -0.806. The Kier molecular flexibility index (Phi) is 5.54. The highest BCUT2D eigenvalue weighted by atomic mass is 35.5. The second-order valence-corrected chi connectivity index (χ2v) is 5.41. The molecule has 1 aromatic carbocycles. The molecule has 1 aromatic heterocycles. The molecular weight excluding hydrogens is 306 g/mol. The Bertz CT molecular complexity index is 625. The average Bonchev–Trinajstić information content (AvgIpc) is 2.98. The number of amides is 1. The van der Waals surface area contributed by atoms with Crippen molar-refractivity contribution in [2.24, 2.45) is 5.73 Å². The molecule has 2 unspecified atom stereocenters. The summed E-state index contributed by atoms with van der Waals surface area (Å²) >= 11 is 5.81. The second kappa shape index (κ2) is 7.40. The van der Waals surface area contributed by atoms with E-state index in [0.29, 0.717) is 18.0 Å². The number of oxazole rings is 1. The summed E-state index contributed by atoms with van der Waals surface area (Å²) < 4.78 is 5.12. The van der Waals surface area contributed by atoms with Gasteiger partial charge in [0.25, 0.3) is 5.91 Å². The van der Waals surface area contributed by atoms with Gasteiger partial charge >= 0.3 is 0 Å². The van der Waals surface area contributed by atoms with Gasteiger partial charge in [-0.25, -0.2) is 4.98 Å². The van der Waals surface area contributed by atoms with Gasteiger partial charge in [-0.3, -0.25) is 4.79 Å². The number of benzene rings is 1. The first kappa shape index (κ1) is 16.5. The van der Waals surface area contributed by atoms with E-state index in [0.717, 1.165) is 5.56 Å². The lowest BCUT2D eigenvalue weighted by Gasteiger charge is -2.09. The monoisotopic (exact) mass is 323 g/mol. The molecule has 0 radical (unpaired) electrons. The number of carbonyl (C=O) groups excluding carboxylic acids is 1. The van der Waals surface area contributed by atoms with Crippen LogP contribution < -0.4 is 11.1 Å². The Morgan fingerprint density at radius 1 is 1.45 bits per heavy atom. The maximum Gasteiger partial charge on any atom is 0.273 e. The molecule has 0 spiro atoms. The van der Waals surface area contributed by atoms with Crippen molar-refractivity contribution in [2.75, 3.05) is 6.54 Å². The maximum absolute atomic E-state index is 11.9. The number of nitrogens with zero attached hydrogens (tertiary/aromatic N) is 1. The van der Waals surface area contributed by atoms with Crippen molar-refractivity contribution in [3.63, 3.8) is 0 Å². The predicted molar refractivity (Wildman–Crippen MR) is 82.6 cm³/mol. The van der Waals surface area contributed by atoms with Crippen molar-refractivity contribution in [2.45, 2.75) is 25.5 Å². The van der Waals surface area contributed by atoms with Crippen LogP contribution in [0.5, 0.6) is 0 Å². The first-order valence-corrected chi connectivity index (χ1v) is 7.27. The van der Waals surface area contributed by atoms with Crippen LogP contribution in [-0.2, 0) is 6.42 Å². The van der Waals surface area contributed by atoms with Gasteiger partial charge in [0, 0.05) is 11.6 Å². The number of carbonyl (C=O) groups is 1. The Labute approximate surface area is 133 Å². The smallest absolute Gasteiger partial charge is 0.273 e. The minimum absolute atomic E-state index is 0.137. The summed E-state index contributed by atoms with van der Waals surface area (Å²) in [6, 6.07) is 6.67. The summed E-state index contributed by atoms with van der Waals surface area (Å²) in [4.78, 5) is 15.9. The van der Waals surface area contributed by atoms with Crippen LogP contribution in [-0.4, -0.2) is 28.6 Å². The zero-order chi connectivity index (χ0) is 16.1. The lowest BCUT2D eigenvalue weighted by molar-refractivity contribution is 0.0948. The number of hydrogen-bond acceptors (Lipinski definition) is 5. The molecule has 0 fully saturated rings.